The van der Waals surface area contributed by atoms with Gasteiger partial charge in [-0.2, -0.15) is 0 Å². The lowest BCUT2D eigenvalue weighted by molar-refractivity contribution is -0.145. The highest BCUT2D eigenvalue weighted by Gasteiger charge is 2.44. The number of benzene rings is 2. The minimum atomic E-state index is -2.18. The molecule has 0 aliphatic rings. The van der Waals surface area contributed by atoms with Crippen molar-refractivity contribution in [3.05, 3.63) is 66.2 Å². The van der Waals surface area contributed by atoms with Crippen LogP contribution < -0.4 is 5.19 Å². The van der Waals surface area contributed by atoms with E-state index >= 15 is 0 Å². The van der Waals surface area contributed by atoms with Gasteiger partial charge in [-0.15, -0.1) is 0 Å². The summed E-state index contributed by atoms with van der Waals surface area (Å²) in [5.41, 5.74) is 0.782. The van der Waals surface area contributed by atoms with Crippen LogP contribution >= 0.6 is 0 Å². The maximum atomic E-state index is 11.9. The molecule has 0 radical (unpaired) electrons. The van der Waals surface area contributed by atoms with Gasteiger partial charge in [0.2, 0.25) is 0 Å². The molecule has 122 valence electrons. The molecule has 0 bridgehead atoms. The molecule has 0 unspecified atom stereocenters. The maximum absolute atomic E-state index is 11.9. The van der Waals surface area contributed by atoms with E-state index in [1.54, 1.807) is 6.92 Å². The quantitative estimate of drug-likeness (QED) is 0.802. The van der Waals surface area contributed by atoms with Crippen LogP contribution in [0.25, 0.3) is 0 Å². The van der Waals surface area contributed by atoms with E-state index in [9.17, 15) is 15.0 Å². The Hall–Kier alpha value is -1.91. The van der Waals surface area contributed by atoms with Gasteiger partial charge >= 0.3 is 5.97 Å². The summed E-state index contributed by atoms with van der Waals surface area (Å²) >= 11 is 0. The SMILES string of the molecule is C[C@@H](O)[C@H](C(=O)O)[C@@H](c1ccccc1)[Si](C)(C)c1ccccc1. The summed E-state index contributed by atoms with van der Waals surface area (Å²) in [7, 11) is -2.18. The lowest BCUT2D eigenvalue weighted by atomic mass is 9.94. The molecule has 2 aromatic rings. The average Bonchev–Trinajstić information content (AvgIpc) is 2.53. The number of hydrogen-bond acceptors (Lipinski definition) is 2. The molecule has 0 saturated heterocycles. The lowest BCUT2D eigenvalue weighted by Crippen LogP contribution is -2.53. The Kier molecular flexibility index (Phi) is 5.39. The molecular formula is C19H24O3Si. The summed E-state index contributed by atoms with van der Waals surface area (Å²) in [5.74, 6) is -1.76. The molecule has 2 aromatic carbocycles. The predicted molar refractivity (Wildman–Crippen MR) is 95.5 cm³/mol. The maximum Gasteiger partial charge on any atom is 0.309 e. The number of rotatable bonds is 6. The Labute approximate surface area is 138 Å². The minimum absolute atomic E-state index is 0.205. The number of carboxylic acids is 1. The van der Waals surface area contributed by atoms with Gasteiger partial charge in [0.05, 0.1) is 20.1 Å². The van der Waals surface area contributed by atoms with Gasteiger partial charge in [0, 0.05) is 0 Å². The molecule has 0 heterocycles. The van der Waals surface area contributed by atoms with E-state index in [-0.39, 0.29) is 5.54 Å². The summed E-state index contributed by atoms with van der Waals surface area (Å²) in [6.07, 6.45) is -0.909. The highest BCUT2D eigenvalue weighted by atomic mass is 28.3. The normalized spacial score (nSPS) is 15.7. The van der Waals surface area contributed by atoms with Gasteiger partial charge in [0.25, 0.3) is 0 Å². The second kappa shape index (κ2) is 7.11. The van der Waals surface area contributed by atoms with Crippen LogP contribution in [0.5, 0.6) is 0 Å². The van der Waals surface area contributed by atoms with Gasteiger partial charge in [-0.25, -0.2) is 0 Å². The van der Waals surface area contributed by atoms with E-state index in [4.69, 9.17) is 0 Å². The first-order chi connectivity index (χ1) is 10.9. The molecule has 0 aromatic heterocycles. The fraction of sp³-hybridized carbons (Fsp3) is 0.316. The fourth-order valence-electron chi connectivity index (χ4n) is 3.41. The Balaban J connectivity index is 2.60. The van der Waals surface area contributed by atoms with Gasteiger partial charge in [-0.1, -0.05) is 78.9 Å². The van der Waals surface area contributed by atoms with Crippen molar-refractivity contribution < 1.29 is 15.0 Å². The van der Waals surface area contributed by atoms with Crippen LogP contribution in [0.2, 0.25) is 13.1 Å². The van der Waals surface area contributed by atoms with E-state index in [0.29, 0.717) is 0 Å². The number of aliphatic hydroxyl groups is 1. The summed E-state index contributed by atoms with van der Waals surface area (Å²) in [5, 5.41) is 21.1. The van der Waals surface area contributed by atoms with Crippen molar-refractivity contribution in [2.75, 3.05) is 0 Å². The van der Waals surface area contributed by atoms with Crippen LogP contribution in [-0.4, -0.2) is 30.4 Å². The Morgan fingerprint density at radius 2 is 1.43 bits per heavy atom. The van der Waals surface area contributed by atoms with Gasteiger partial charge in [-0.05, 0) is 18.0 Å². The Morgan fingerprint density at radius 1 is 0.957 bits per heavy atom. The molecule has 0 amide bonds. The van der Waals surface area contributed by atoms with Gasteiger partial charge in [0.15, 0.2) is 0 Å². The smallest absolute Gasteiger partial charge is 0.309 e. The zero-order valence-electron chi connectivity index (χ0n) is 13.8. The standard InChI is InChI=1S/C19H24O3Si/c1-14(20)17(19(21)22)18(15-10-6-4-7-11-15)23(2,3)16-12-8-5-9-13-16/h4-14,17-18,20H,1-3H3,(H,21,22)/t14-,17+,18-/m1/s1. The van der Waals surface area contributed by atoms with Crippen molar-refractivity contribution in [3.63, 3.8) is 0 Å². The molecular weight excluding hydrogens is 304 g/mol. The number of aliphatic carboxylic acids is 1. The first-order valence-corrected chi connectivity index (χ1v) is 10.9. The van der Waals surface area contributed by atoms with E-state index in [2.05, 4.69) is 25.2 Å². The molecule has 0 spiro atoms. The third-order valence-corrected chi connectivity index (χ3v) is 8.69. The summed E-state index contributed by atoms with van der Waals surface area (Å²) in [6, 6.07) is 19.8. The predicted octanol–water partition coefficient (Wildman–Crippen LogP) is 3.01. The van der Waals surface area contributed by atoms with Crippen molar-refractivity contribution in [1.29, 1.82) is 0 Å². The molecule has 0 saturated carbocycles. The fourth-order valence-corrected chi connectivity index (χ4v) is 7.16. The second-order valence-electron chi connectivity index (χ2n) is 6.58. The largest absolute Gasteiger partial charge is 0.481 e. The van der Waals surface area contributed by atoms with Crippen molar-refractivity contribution in [2.45, 2.75) is 31.7 Å². The van der Waals surface area contributed by atoms with E-state index in [1.807, 2.05) is 48.5 Å². The molecule has 0 aliphatic heterocycles. The van der Waals surface area contributed by atoms with Crippen molar-refractivity contribution in [3.8, 4) is 0 Å². The number of aliphatic hydroxyl groups excluding tert-OH is 1. The first kappa shape index (κ1) is 17.4. The second-order valence-corrected chi connectivity index (χ2v) is 11.2. The van der Waals surface area contributed by atoms with Crippen LogP contribution in [0.3, 0.4) is 0 Å². The van der Waals surface area contributed by atoms with Gasteiger partial charge in [0.1, 0.15) is 0 Å². The topological polar surface area (TPSA) is 57.5 Å². The van der Waals surface area contributed by atoms with Crippen LogP contribution in [-0.2, 0) is 4.79 Å². The number of hydrogen-bond donors (Lipinski definition) is 2. The third kappa shape index (κ3) is 3.71. The first-order valence-electron chi connectivity index (χ1n) is 7.87. The summed E-state index contributed by atoms with van der Waals surface area (Å²) in [6.45, 7) is 5.93. The minimum Gasteiger partial charge on any atom is -0.481 e. The summed E-state index contributed by atoms with van der Waals surface area (Å²) in [4.78, 5) is 11.9. The number of carboxylic acid groups (broad SMARTS) is 1. The average molecular weight is 328 g/mol. The molecule has 4 heteroatoms. The zero-order valence-corrected chi connectivity index (χ0v) is 14.8. The Bertz CT molecular complexity index is 638. The highest BCUT2D eigenvalue weighted by molar-refractivity contribution is 6.91. The molecule has 23 heavy (non-hydrogen) atoms. The number of carbonyl (C=O) groups is 1. The van der Waals surface area contributed by atoms with Gasteiger partial charge in [-0.3, -0.25) is 4.79 Å². The van der Waals surface area contributed by atoms with Crippen LogP contribution in [0, 0.1) is 5.92 Å². The van der Waals surface area contributed by atoms with E-state index in [1.165, 1.54) is 5.19 Å². The van der Waals surface area contributed by atoms with E-state index in [0.717, 1.165) is 5.56 Å². The van der Waals surface area contributed by atoms with Gasteiger partial charge < -0.3 is 10.2 Å². The summed E-state index contributed by atoms with van der Waals surface area (Å²) < 4.78 is 0. The lowest BCUT2D eigenvalue weighted by Gasteiger charge is -2.38. The van der Waals surface area contributed by atoms with Crippen molar-refractivity contribution in [2.24, 2.45) is 5.92 Å². The van der Waals surface area contributed by atoms with Crippen LogP contribution in [0.1, 0.15) is 18.0 Å². The Morgan fingerprint density at radius 3 is 1.87 bits per heavy atom. The molecule has 3 atom stereocenters. The zero-order chi connectivity index (χ0) is 17.0. The molecule has 0 fully saturated rings. The monoisotopic (exact) mass is 328 g/mol. The van der Waals surface area contributed by atoms with Crippen LogP contribution in [0.15, 0.2) is 60.7 Å². The van der Waals surface area contributed by atoms with Crippen molar-refractivity contribution in [1.82, 2.24) is 0 Å². The molecule has 2 rings (SSSR count). The molecule has 0 aliphatic carbocycles. The third-order valence-electron chi connectivity index (χ3n) is 4.62. The van der Waals surface area contributed by atoms with Crippen LogP contribution in [0.4, 0.5) is 0 Å². The molecule has 2 N–H and O–H groups in total. The van der Waals surface area contributed by atoms with Crippen molar-refractivity contribution >= 4 is 19.2 Å². The van der Waals surface area contributed by atoms with E-state index < -0.39 is 26.1 Å². The highest BCUT2D eigenvalue weighted by Crippen LogP contribution is 2.36. The molecule has 3 nitrogen and oxygen atoms in total.